The monoisotopic (exact) mass is 369 g/mol. The Hall–Kier alpha value is -2.61. The lowest BCUT2D eigenvalue weighted by molar-refractivity contribution is -0.138. The van der Waals surface area contributed by atoms with Crippen molar-refractivity contribution in [2.75, 3.05) is 0 Å². The van der Waals surface area contributed by atoms with Crippen molar-refractivity contribution < 1.29 is 17.7 Å². The standard InChI is InChI=1S/C16H11ClF3N3O2/c1-9-4-2-3-5-11(9)14-21-13(25-22-14)8-23-7-10(16(18,19)20)6-12(17)15(23)24/h2-7H,8H2,1H3. The van der Waals surface area contributed by atoms with Gasteiger partial charge < -0.3 is 9.09 Å². The number of aromatic nitrogens is 3. The Kier molecular flexibility index (Phi) is 4.38. The Morgan fingerprint density at radius 1 is 1.28 bits per heavy atom. The van der Waals surface area contributed by atoms with Crippen LogP contribution in [0, 0.1) is 6.92 Å². The number of hydrogen-bond acceptors (Lipinski definition) is 4. The van der Waals surface area contributed by atoms with Gasteiger partial charge in [-0.15, -0.1) is 0 Å². The molecule has 0 saturated carbocycles. The first kappa shape index (κ1) is 17.2. The number of nitrogens with zero attached hydrogens (tertiary/aromatic N) is 3. The Morgan fingerprint density at radius 3 is 2.68 bits per heavy atom. The highest BCUT2D eigenvalue weighted by atomic mass is 35.5. The molecule has 0 amide bonds. The van der Waals surface area contributed by atoms with Crippen LogP contribution < -0.4 is 5.56 Å². The maximum Gasteiger partial charge on any atom is 0.417 e. The summed E-state index contributed by atoms with van der Waals surface area (Å²) in [6.45, 7) is 1.55. The van der Waals surface area contributed by atoms with Crippen LogP contribution >= 0.6 is 11.6 Å². The molecule has 0 radical (unpaired) electrons. The highest BCUT2D eigenvalue weighted by Crippen LogP contribution is 2.29. The van der Waals surface area contributed by atoms with Crippen LogP contribution in [0.5, 0.6) is 0 Å². The van der Waals surface area contributed by atoms with Gasteiger partial charge in [0.25, 0.3) is 5.56 Å². The van der Waals surface area contributed by atoms with Crippen molar-refractivity contribution in [1.82, 2.24) is 14.7 Å². The van der Waals surface area contributed by atoms with Gasteiger partial charge >= 0.3 is 6.18 Å². The summed E-state index contributed by atoms with van der Waals surface area (Å²) in [4.78, 5) is 16.1. The van der Waals surface area contributed by atoms with E-state index in [0.717, 1.165) is 15.7 Å². The van der Waals surface area contributed by atoms with Crippen molar-refractivity contribution >= 4 is 11.6 Å². The molecule has 0 unspecified atom stereocenters. The van der Waals surface area contributed by atoms with E-state index in [9.17, 15) is 18.0 Å². The lowest BCUT2D eigenvalue weighted by Crippen LogP contribution is -2.23. The number of pyridine rings is 1. The van der Waals surface area contributed by atoms with Gasteiger partial charge in [0.1, 0.15) is 11.6 Å². The van der Waals surface area contributed by atoms with Crippen LogP contribution in [-0.2, 0) is 12.7 Å². The van der Waals surface area contributed by atoms with Crippen LogP contribution in [0.2, 0.25) is 5.02 Å². The third-order valence-electron chi connectivity index (χ3n) is 3.53. The third-order valence-corrected chi connectivity index (χ3v) is 3.80. The van der Waals surface area contributed by atoms with E-state index in [1.54, 1.807) is 12.1 Å². The SMILES string of the molecule is Cc1ccccc1-c1noc(Cn2cc(C(F)(F)F)cc(Cl)c2=O)n1. The third kappa shape index (κ3) is 3.58. The minimum absolute atomic E-state index is 0.00394. The molecule has 25 heavy (non-hydrogen) atoms. The van der Waals surface area contributed by atoms with Crippen molar-refractivity contribution in [2.24, 2.45) is 0 Å². The summed E-state index contributed by atoms with van der Waals surface area (Å²) >= 11 is 5.61. The number of rotatable bonds is 3. The molecule has 0 atom stereocenters. The molecule has 0 aliphatic carbocycles. The zero-order valence-corrected chi connectivity index (χ0v) is 13.6. The van der Waals surface area contributed by atoms with Crippen molar-refractivity contribution in [3.05, 3.63) is 68.9 Å². The van der Waals surface area contributed by atoms with Gasteiger partial charge in [0, 0.05) is 11.8 Å². The predicted molar refractivity (Wildman–Crippen MR) is 84.3 cm³/mol. The van der Waals surface area contributed by atoms with Crippen LogP contribution in [-0.4, -0.2) is 14.7 Å². The smallest absolute Gasteiger partial charge is 0.337 e. The van der Waals surface area contributed by atoms with Gasteiger partial charge in [-0.2, -0.15) is 18.2 Å². The molecular formula is C16H11ClF3N3O2. The van der Waals surface area contributed by atoms with Gasteiger partial charge in [-0.25, -0.2) is 0 Å². The van der Waals surface area contributed by atoms with Gasteiger partial charge in [0.15, 0.2) is 0 Å². The quantitative estimate of drug-likeness (QED) is 0.702. The van der Waals surface area contributed by atoms with E-state index in [-0.39, 0.29) is 12.4 Å². The first-order valence-corrected chi connectivity index (χ1v) is 7.49. The van der Waals surface area contributed by atoms with Gasteiger partial charge in [0.2, 0.25) is 11.7 Å². The van der Waals surface area contributed by atoms with E-state index in [4.69, 9.17) is 16.1 Å². The fourth-order valence-electron chi connectivity index (χ4n) is 2.27. The molecule has 2 heterocycles. The van der Waals surface area contributed by atoms with Crippen LogP contribution in [0.1, 0.15) is 17.0 Å². The summed E-state index contributed by atoms with van der Waals surface area (Å²) in [5, 5.41) is 3.28. The molecule has 0 N–H and O–H groups in total. The van der Waals surface area contributed by atoms with E-state index in [2.05, 4.69) is 10.1 Å². The largest absolute Gasteiger partial charge is 0.417 e. The summed E-state index contributed by atoms with van der Waals surface area (Å²) in [7, 11) is 0. The number of benzene rings is 1. The molecule has 5 nitrogen and oxygen atoms in total. The second-order valence-electron chi connectivity index (χ2n) is 5.33. The number of hydrogen-bond donors (Lipinski definition) is 0. The Labute approximate surface area is 144 Å². The lowest BCUT2D eigenvalue weighted by Gasteiger charge is -2.10. The van der Waals surface area contributed by atoms with Crippen LogP contribution in [0.3, 0.4) is 0 Å². The maximum absolute atomic E-state index is 12.9. The molecule has 130 valence electrons. The summed E-state index contributed by atoms with van der Waals surface area (Å²) in [5.41, 5.74) is -0.165. The highest BCUT2D eigenvalue weighted by Gasteiger charge is 2.32. The summed E-state index contributed by atoms with van der Waals surface area (Å²) < 4.78 is 44.4. The summed E-state index contributed by atoms with van der Waals surface area (Å²) in [6, 6.07) is 7.89. The van der Waals surface area contributed by atoms with Gasteiger partial charge in [-0.05, 0) is 18.6 Å². The lowest BCUT2D eigenvalue weighted by atomic mass is 10.1. The average molecular weight is 370 g/mol. The Morgan fingerprint density at radius 2 is 2.00 bits per heavy atom. The normalized spacial score (nSPS) is 11.7. The molecule has 3 aromatic rings. The topological polar surface area (TPSA) is 60.9 Å². The fourth-order valence-corrected chi connectivity index (χ4v) is 2.50. The van der Waals surface area contributed by atoms with E-state index in [1.807, 2.05) is 19.1 Å². The molecule has 0 aliphatic rings. The number of alkyl halides is 3. The Balaban J connectivity index is 1.95. The Bertz CT molecular complexity index is 979. The van der Waals surface area contributed by atoms with Crippen LogP contribution in [0.4, 0.5) is 13.2 Å². The summed E-state index contributed by atoms with van der Waals surface area (Å²) in [5.74, 6) is 0.287. The van der Waals surface area contributed by atoms with Crippen molar-refractivity contribution in [3.63, 3.8) is 0 Å². The van der Waals surface area contributed by atoms with Crippen molar-refractivity contribution in [1.29, 1.82) is 0 Å². The second kappa shape index (κ2) is 6.36. The van der Waals surface area contributed by atoms with Crippen molar-refractivity contribution in [3.8, 4) is 11.4 Å². The molecule has 1 aromatic carbocycles. The molecular weight excluding hydrogens is 359 g/mol. The van der Waals surface area contributed by atoms with Crippen LogP contribution in [0.25, 0.3) is 11.4 Å². The van der Waals surface area contributed by atoms with Gasteiger partial charge in [-0.3, -0.25) is 4.79 Å². The first-order chi connectivity index (χ1) is 11.8. The minimum Gasteiger partial charge on any atom is -0.337 e. The van der Waals surface area contributed by atoms with Crippen LogP contribution in [0.15, 0.2) is 45.8 Å². The fraction of sp³-hybridized carbons (Fsp3) is 0.188. The molecule has 2 aromatic heterocycles. The predicted octanol–water partition coefficient (Wildman–Crippen LogP) is 3.93. The molecule has 0 spiro atoms. The summed E-state index contributed by atoms with van der Waals surface area (Å²) in [6.07, 6.45) is -3.95. The molecule has 0 saturated heterocycles. The second-order valence-corrected chi connectivity index (χ2v) is 5.74. The van der Waals surface area contributed by atoms with E-state index < -0.39 is 22.3 Å². The van der Waals surface area contributed by atoms with Gasteiger partial charge in [0.05, 0.1) is 5.56 Å². The maximum atomic E-state index is 12.9. The molecule has 0 aliphatic heterocycles. The van der Waals surface area contributed by atoms with E-state index in [1.165, 1.54) is 0 Å². The van der Waals surface area contributed by atoms with Gasteiger partial charge in [-0.1, -0.05) is 41.0 Å². The van der Waals surface area contributed by atoms with E-state index in [0.29, 0.717) is 18.1 Å². The first-order valence-electron chi connectivity index (χ1n) is 7.11. The molecule has 0 bridgehead atoms. The molecule has 3 rings (SSSR count). The van der Waals surface area contributed by atoms with Crippen molar-refractivity contribution in [2.45, 2.75) is 19.6 Å². The zero-order valence-electron chi connectivity index (χ0n) is 12.8. The highest BCUT2D eigenvalue weighted by molar-refractivity contribution is 6.30. The minimum atomic E-state index is -4.62. The van der Waals surface area contributed by atoms with E-state index >= 15 is 0 Å². The number of halogens is 4. The molecule has 9 heteroatoms. The number of aryl methyl sites for hydroxylation is 1. The zero-order chi connectivity index (χ0) is 18.2. The average Bonchev–Trinajstić information content (AvgIpc) is 2.99. The molecule has 0 fully saturated rings.